The third kappa shape index (κ3) is 10.2. The summed E-state index contributed by atoms with van der Waals surface area (Å²) in [6.45, 7) is 3.84. The summed E-state index contributed by atoms with van der Waals surface area (Å²) in [7, 11) is -3.04. The first-order valence-corrected chi connectivity index (χ1v) is 7.55. The minimum atomic E-state index is -3.04. The Kier molecular flexibility index (Phi) is 7.33. The molecule has 0 spiro atoms. The van der Waals surface area contributed by atoms with Crippen LogP contribution in [-0.2, 0) is 19.4 Å². The monoisotopic (exact) mass is 267 g/mol. The molecule has 0 aliphatic rings. The first-order valence-electron chi connectivity index (χ1n) is 5.49. The van der Waals surface area contributed by atoms with Crippen LogP contribution in [0, 0.1) is 0 Å². The van der Waals surface area contributed by atoms with Gasteiger partial charge in [0.25, 0.3) is 0 Å². The summed E-state index contributed by atoms with van der Waals surface area (Å²) in [4.78, 5) is 11.0. The van der Waals surface area contributed by atoms with Crippen LogP contribution < -0.4 is 5.32 Å². The summed E-state index contributed by atoms with van der Waals surface area (Å²) in [6.07, 6.45) is 0.197. The Labute approximate surface area is 102 Å². The summed E-state index contributed by atoms with van der Waals surface area (Å²) in [5.74, 6) is -0.461. The van der Waals surface area contributed by atoms with Crippen LogP contribution in [-0.4, -0.2) is 56.8 Å². The number of carbonyl (C=O) groups is 1. The van der Waals surface area contributed by atoms with E-state index in [2.05, 4.69) is 10.1 Å². The van der Waals surface area contributed by atoms with Gasteiger partial charge < -0.3 is 15.2 Å². The average Bonchev–Trinajstić information content (AvgIpc) is 2.12. The average molecular weight is 267 g/mol. The molecule has 0 aromatic carbocycles. The van der Waals surface area contributed by atoms with E-state index < -0.39 is 21.9 Å². The Morgan fingerprint density at radius 1 is 1.47 bits per heavy atom. The molecule has 0 heterocycles. The lowest BCUT2D eigenvalue weighted by molar-refractivity contribution is -0.145. The minimum Gasteiger partial charge on any atom is -0.466 e. The van der Waals surface area contributed by atoms with Gasteiger partial charge in [-0.1, -0.05) is 0 Å². The van der Waals surface area contributed by atoms with E-state index in [4.69, 9.17) is 0 Å². The predicted octanol–water partition coefficient (Wildman–Crippen LogP) is -0.677. The molecule has 2 unspecified atom stereocenters. The Morgan fingerprint density at radius 3 is 2.53 bits per heavy atom. The quantitative estimate of drug-likeness (QED) is 0.566. The number of rotatable bonds is 8. The molecular formula is C10H21NO5S. The highest BCUT2D eigenvalue weighted by molar-refractivity contribution is 7.90. The molecule has 0 aromatic rings. The molecule has 0 radical (unpaired) electrons. The SMILES string of the molecule is CCOC(=O)CC(O)CNC(C)CS(C)(=O)=O. The summed E-state index contributed by atoms with van der Waals surface area (Å²) >= 11 is 0. The van der Waals surface area contributed by atoms with Gasteiger partial charge in [0.05, 0.1) is 24.9 Å². The fourth-order valence-corrected chi connectivity index (χ4v) is 2.36. The molecule has 17 heavy (non-hydrogen) atoms. The number of aliphatic hydroxyl groups excluding tert-OH is 1. The second-order valence-corrected chi connectivity index (χ2v) is 6.25. The lowest BCUT2D eigenvalue weighted by Gasteiger charge is -2.15. The number of sulfone groups is 1. The maximum atomic E-state index is 11.0. The van der Waals surface area contributed by atoms with Crippen LogP contribution in [0.1, 0.15) is 20.3 Å². The van der Waals surface area contributed by atoms with Crippen molar-refractivity contribution in [3.05, 3.63) is 0 Å². The molecule has 7 heteroatoms. The third-order valence-electron chi connectivity index (χ3n) is 1.96. The predicted molar refractivity (Wildman–Crippen MR) is 64.4 cm³/mol. The van der Waals surface area contributed by atoms with Crippen LogP contribution in [0.3, 0.4) is 0 Å². The van der Waals surface area contributed by atoms with E-state index in [1.807, 2.05) is 0 Å². The van der Waals surface area contributed by atoms with Gasteiger partial charge in [-0.25, -0.2) is 8.42 Å². The highest BCUT2D eigenvalue weighted by Crippen LogP contribution is 1.96. The van der Waals surface area contributed by atoms with E-state index in [-0.39, 0.29) is 31.4 Å². The zero-order valence-corrected chi connectivity index (χ0v) is 11.3. The van der Waals surface area contributed by atoms with Crippen molar-refractivity contribution < 1.29 is 23.1 Å². The van der Waals surface area contributed by atoms with Gasteiger partial charge >= 0.3 is 5.97 Å². The molecule has 0 saturated heterocycles. The Morgan fingerprint density at radius 2 is 2.06 bits per heavy atom. The van der Waals surface area contributed by atoms with Crippen LogP contribution in [0.2, 0.25) is 0 Å². The smallest absolute Gasteiger partial charge is 0.308 e. The zero-order chi connectivity index (χ0) is 13.5. The maximum Gasteiger partial charge on any atom is 0.308 e. The van der Waals surface area contributed by atoms with Crippen molar-refractivity contribution in [1.29, 1.82) is 0 Å². The molecule has 102 valence electrons. The van der Waals surface area contributed by atoms with E-state index in [9.17, 15) is 18.3 Å². The molecule has 0 rings (SSSR count). The Balaban J connectivity index is 3.84. The van der Waals surface area contributed by atoms with Gasteiger partial charge in [-0.05, 0) is 13.8 Å². The van der Waals surface area contributed by atoms with Crippen molar-refractivity contribution in [2.45, 2.75) is 32.4 Å². The first kappa shape index (κ1) is 16.3. The van der Waals surface area contributed by atoms with Gasteiger partial charge in [-0.2, -0.15) is 0 Å². The molecule has 0 aliphatic carbocycles. The molecule has 0 aliphatic heterocycles. The number of hydrogen-bond donors (Lipinski definition) is 2. The molecule has 2 N–H and O–H groups in total. The number of ether oxygens (including phenoxy) is 1. The van der Waals surface area contributed by atoms with Crippen LogP contribution in [0.4, 0.5) is 0 Å². The summed E-state index contributed by atoms with van der Waals surface area (Å²) < 4.78 is 26.6. The number of hydrogen-bond acceptors (Lipinski definition) is 6. The highest BCUT2D eigenvalue weighted by atomic mass is 32.2. The fourth-order valence-electron chi connectivity index (χ4n) is 1.33. The molecule has 0 saturated carbocycles. The fraction of sp³-hybridized carbons (Fsp3) is 0.900. The van der Waals surface area contributed by atoms with Gasteiger partial charge in [0, 0.05) is 18.8 Å². The second kappa shape index (κ2) is 7.62. The Bertz CT molecular complexity index is 328. The number of esters is 1. The lowest BCUT2D eigenvalue weighted by atomic mass is 10.2. The zero-order valence-electron chi connectivity index (χ0n) is 10.5. The van der Waals surface area contributed by atoms with Gasteiger partial charge in [-0.15, -0.1) is 0 Å². The topological polar surface area (TPSA) is 92.7 Å². The van der Waals surface area contributed by atoms with Crippen LogP contribution in [0.15, 0.2) is 0 Å². The maximum absolute atomic E-state index is 11.0. The standard InChI is InChI=1S/C10H21NO5S/c1-4-16-10(13)5-9(12)6-11-8(2)7-17(3,14)15/h8-9,11-12H,4-7H2,1-3H3. The molecule has 0 amide bonds. The number of carbonyl (C=O) groups excluding carboxylic acids is 1. The van der Waals surface area contributed by atoms with Crippen molar-refractivity contribution >= 4 is 15.8 Å². The molecular weight excluding hydrogens is 246 g/mol. The van der Waals surface area contributed by atoms with E-state index in [0.717, 1.165) is 6.26 Å². The first-order chi connectivity index (χ1) is 7.74. The van der Waals surface area contributed by atoms with E-state index >= 15 is 0 Å². The van der Waals surface area contributed by atoms with E-state index in [0.29, 0.717) is 0 Å². The molecule has 0 bridgehead atoms. The van der Waals surface area contributed by atoms with Crippen LogP contribution >= 0.6 is 0 Å². The largest absolute Gasteiger partial charge is 0.466 e. The van der Waals surface area contributed by atoms with Gasteiger partial charge in [0.15, 0.2) is 0 Å². The molecule has 0 fully saturated rings. The van der Waals surface area contributed by atoms with Crippen LogP contribution in [0.25, 0.3) is 0 Å². The molecule has 2 atom stereocenters. The van der Waals surface area contributed by atoms with Crippen molar-refractivity contribution in [3.63, 3.8) is 0 Å². The minimum absolute atomic E-state index is 0.000867. The lowest BCUT2D eigenvalue weighted by Crippen LogP contribution is -2.38. The van der Waals surface area contributed by atoms with Gasteiger partial charge in [0.1, 0.15) is 9.84 Å². The van der Waals surface area contributed by atoms with Crippen molar-refractivity contribution in [2.75, 3.05) is 25.2 Å². The van der Waals surface area contributed by atoms with Crippen molar-refractivity contribution in [2.24, 2.45) is 0 Å². The molecule has 6 nitrogen and oxygen atoms in total. The highest BCUT2D eigenvalue weighted by Gasteiger charge is 2.14. The normalized spacial score (nSPS) is 15.3. The van der Waals surface area contributed by atoms with Gasteiger partial charge in [0.2, 0.25) is 0 Å². The van der Waals surface area contributed by atoms with E-state index in [1.165, 1.54) is 0 Å². The summed E-state index contributed by atoms with van der Waals surface area (Å²) in [5.41, 5.74) is 0. The van der Waals surface area contributed by atoms with Crippen molar-refractivity contribution in [1.82, 2.24) is 5.32 Å². The number of nitrogens with one attached hydrogen (secondary N) is 1. The summed E-state index contributed by atoms with van der Waals surface area (Å²) in [6, 6.07) is -0.262. The Hall–Kier alpha value is -0.660. The van der Waals surface area contributed by atoms with E-state index in [1.54, 1.807) is 13.8 Å². The third-order valence-corrected chi connectivity index (χ3v) is 3.07. The van der Waals surface area contributed by atoms with Crippen LogP contribution in [0.5, 0.6) is 0 Å². The molecule has 0 aromatic heterocycles. The van der Waals surface area contributed by atoms with Gasteiger partial charge in [-0.3, -0.25) is 4.79 Å². The summed E-state index contributed by atoms with van der Waals surface area (Å²) in [5, 5.41) is 12.3. The van der Waals surface area contributed by atoms with Crippen molar-refractivity contribution in [3.8, 4) is 0 Å². The second-order valence-electron chi connectivity index (χ2n) is 4.06. The number of aliphatic hydroxyl groups is 1.